The number of hydrogen-bond acceptors (Lipinski definition) is 5. The number of rotatable bonds is 5. The van der Waals surface area contributed by atoms with Crippen LogP contribution in [-0.2, 0) is 16.1 Å². The first-order chi connectivity index (χ1) is 14.9. The fourth-order valence-corrected chi connectivity index (χ4v) is 4.19. The molecule has 8 nitrogen and oxygen atoms in total. The summed E-state index contributed by atoms with van der Waals surface area (Å²) >= 11 is 6.26. The largest absolute Gasteiger partial charge is 0.282 e. The van der Waals surface area contributed by atoms with Crippen molar-refractivity contribution in [3.8, 4) is 0 Å². The van der Waals surface area contributed by atoms with Crippen LogP contribution in [0.15, 0.2) is 60.7 Å². The number of carbonyl (C=O) groups excluding carboxylic acids is 3. The third-order valence-electron chi connectivity index (χ3n) is 5.57. The van der Waals surface area contributed by atoms with Gasteiger partial charge in [-0.1, -0.05) is 54.1 Å². The number of hydrogen-bond donors (Lipinski definition) is 0. The molecule has 0 N–H and O–H groups in total. The summed E-state index contributed by atoms with van der Waals surface area (Å²) in [6.45, 7) is -0.186. The van der Waals surface area contributed by atoms with E-state index < -0.39 is 40.2 Å². The molecule has 0 spiro atoms. The number of halogens is 1. The fourth-order valence-electron chi connectivity index (χ4n) is 3.99. The number of amides is 3. The summed E-state index contributed by atoms with van der Waals surface area (Å²) in [5.74, 6) is -2.90. The van der Waals surface area contributed by atoms with Gasteiger partial charge >= 0.3 is 0 Å². The standard InChI is InChI=1S/C22H18ClN3O5/c23-18-11-5-1-7-14(18)13-24(20(27)17-10-4-6-12-19(17)26(30)31)25-21(28)15-8-2-3-9-16(15)22(25)29/h1-7,10-12,15-16H,8-9,13H2/t15-,16-/m1/s1. The number of benzene rings is 2. The monoisotopic (exact) mass is 439 g/mol. The van der Waals surface area contributed by atoms with Gasteiger partial charge in [0.15, 0.2) is 0 Å². The van der Waals surface area contributed by atoms with Crippen molar-refractivity contribution < 1.29 is 19.3 Å². The summed E-state index contributed by atoms with van der Waals surface area (Å²) < 4.78 is 0. The summed E-state index contributed by atoms with van der Waals surface area (Å²) in [4.78, 5) is 50.6. The zero-order valence-corrected chi connectivity index (χ0v) is 17.1. The molecule has 1 aliphatic heterocycles. The lowest BCUT2D eigenvalue weighted by Gasteiger charge is -2.30. The molecule has 9 heteroatoms. The van der Waals surface area contributed by atoms with Gasteiger partial charge in [-0.05, 0) is 30.5 Å². The Morgan fingerprint density at radius 3 is 2.23 bits per heavy atom. The van der Waals surface area contributed by atoms with Crippen LogP contribution >= 0.6 is 11.6 Å². The van der Waals surface area contributed by atoms with E-state index in [0.29, 0.717) is 23.4 Å². The first-order valence-corrected chi connectivity index (χ1v) is 10.1. The van der Waals surface area contributed by atoms with Crippen LogP contribution < -0.4 is 0 Å². The topological polar surface area (TPSA) is 101 Å². The molecule has 1 saturated heterocycles. The molecule has 3 amide bonds. The number of imide groups is 1. The van der Waals surface area contributed by atoms with E-state index in [2.05, 4.69) is 0 Å². The highest BCUT2D eigenvalue weighted by Crippen LogP contribution is 2.37. The molecule has 1 aliphatic carbocycles. The number of para-hydroxylation sites is 1. The zero-order chi connectivity index (χ0) is 22.1. The molecule has 2 atom stereocenters. The van der Waals surface area contributed by atoms with E-state index in [1.807, 2.05) is 12.2 Å². The van der Waals surface area contributed by atoms with Crippen LogP contribution in [0.5, 0.6) is 0 Å². The van der Waals surface area contributed by atoms with Crippen molar-refractivity contribution in [3.63, 3.8) is 0 Å². The Labute approximate surface area is 182 Å². The van der Waals surface area contributed by atoms with E-state index in [-0.39, 0.29) is 12.1 Å². The number of nitro benzene ring substituents is 1. The zero-order valence-electron chi connectivity index (χ0n) is 16.3. The molecule has 2 aromatic rings. The number of nitrogens with zero attached hydrogens (tertiary/aromatic N) is 3. The van der Waals surface area contributed by atoms with Crippen molar-refractivity contribution >= 4 is 35.0 Å². The third kappa shape index (κ3) is 3.70. The summed E-state index contributed by atoms with van der Waals surface area (Å²) in [6.07, 6.45) is 4.51. The molecule has 0 aromatic heterocycles. The van der Waals surface area contributed by atoms with Crippen LogP contribution in [0.4, 0.5) is 5.69 Å². The second kappa shape index (κ2) is 8.31. The molecule has 4 rings (SSSR count). The molecule has 0 radical (unpaired) electrons. The molecule has 1 heterocycles. The molecular formula is C22H18ClN3O5. The van der Waals surface area contributed by atoms with Gasteiger partial charge in [-0.3, -0.25) is 24.5 Å². The van der Waals surface area contributed by atoms with Crippen LogP contribution in [0.1, 0.15) is 28.8 Å². The van der Waals surface area contributed by atoms with Crippen molar-refractivity contribution in [3.05, 3.63) is 86.9 Å². The normalized spacial score (nSPS) is 20.0. The Morgan fingerprint density at radius 2 is 1.61 bits per heavy atom. The average Bonchev–Trinajstić information content (AvgIpc) is 3.03. The molecule has 158 valence electrons. The predicted molar refractivity (Wildman–Crippen MR) is 112 cm³/mol. The first kappa shape index (κ1) is 20.7. The van der Waals surface area contributed by atoms with Gasteiger partial charge in [-0.15, -0.1) is 0 Å². The molecule has 2 aliphatic rings. The van der Waals surface area contributed by atoms with Gasteiger partial charge < -0.3 is 0 Å². The number of allylic oxidation sites excluding steroid dienone is 2. The molecule has 0 unspecified atom stereocenters. The summed E-state index contributed by atoms with van der Waals surface area (Å²) in [5.41, 5.74) is -0.118. The van der Waals surface area contributed by atoms with E-state index in [1.165, 1.54) is 24.3 Å². The molecular weight excluding hydrogens is 422 g/mol. The average molecular weight is 440 g/mol. The SMILES string of the molecule is O=C(c1ccccc1[N+](=O)[O-])N(Cc1ccccc1Cl)N1C(=O)[C@@H]2CC=CC[C@H]2C1=O. The molecule has 0 saturated carbocycles. The maximum atomic E-state index is 13.5. The van der Waals surface area contributed by atoms with E-state index in [9.17, 15) is 24.5 Å². The Balaban J connectivity index is 1.78. The highest BCUT2D eigenvalue weighted by Gasteiger charge is 2.51. The van der Waals surface area contributed by atoms with Crippen molar-refractivity contribution in [2.45, 2.75) is 19.4 Å². The van der Waals surface area contributed by atoms with Gasteiger partial charge in [0.2, 0.25) is 0 Å². The smallest absolute Gasteiger partial charge is 0.272 e. The summed E-state index contributed by atoms with van der Waals surface area (Å²) in [6, 6.07) is 12.2. The Hall–Kier alpha value is -3.52. The van der Waals surface area contributed by atoms with E-state index >= 15 is 0 Å². The van der Waals surface area contributed by atoms with Gasteiger partial charge in [0, 0.05) is 11.1 Å². The lowest BCUT2D eigenvalue weighted by molar-refractivity contribution is -0.385. The number of carbonyl (C=O) groups is 3. The van der Waals surface area contributed by atoms with Crippen molar-refractivity contribution in [2.24, 2.45) is 11.8 Å². The van der Waals surface area contributed by atoms with Gasteiger partial charge in [-0.2, -0.15) is 5.01 Å². The van der Waals surface area contributed by atoms with Gasteiger partial charge in [0.05, 0.1) is 23.3 Å². The van der Waals surface area contributed by atoms with Crippen molar-refractivity contribution in [2.75, 3.05) is 0 Å². The Kier molecular flexibility index (Phi) is 5.56. The highest BCUT2D eigenvalue weighted by molar-refractivity contribution is 6.31. The minimum absolute atomic E-state index is 0.186. The third-order valence-corrected chi connectivity index (χ3v) is 5.94. The lowest BCUT2D eigenvalue weighted by Crippen LogP contribution is -2.50. The molecule has 2 aromatic carbocycles. The minimum Gasteiger partial charge on any atom is -0.272 e. The van der Waals surface area contributed by atoms with Crippen LogP contribution in [0.2, 0.25) is 5.02 Å². The van der Waals surface area contributed by atoms with E-state index in [4.69, 9.17) is 11.6 Å². The maximum absolute atomic E-state index is 13.5. The fraction of sp³-hybridized carbons (Fsp3) is 0.227. The summed E-state index contributed by atoms with van der Waals surface area (Å²) in [5, 5.41) is 13.7. The van der Waals surface area contributed by atoms with Gasteiger partial charge in [0.1, 0.15) is 5.56 Å². The maximum Gasteiger partial charge on any atom is 0.282 e. The minimum atomic E-state index is -0.819. The molecule has 1 fully saturated rings. The Morgan fingerprint density at radius 1 is 1.03 bits per heavy atom. The van der Waals surface area contributed by atoms with Crippen LogP contribution in [0.25, 0.3) is 0 Å². The van der Waals surface area contributed by atoms with Crippen LogP contribution in [0, 0.1) is 22.0 Å². The number of fused-ring (bicyclic) bond motifs is 1. The van der Waals surface area contributed by atoms with Crippen molar-refractivity contribution in [1.29, 1.82) is 0 Å². The lowest BCUT2D eigenvalue weighted by atomic mass is 9.85. The van der Waals surface area contributed by atoms with E-state index in [1.54, 1.807) is 24.3 Å². The van der Waals surface area contributed by atoms with Crippen molar-refractivity contribution in [1.82, 2.24) is 10.0 Å². The molecule has 31 heavy (non-hydrogen) atoms. The predicted octanol–water partition coefficient (Wildman–Crippen LogP) is 3.76. The van der Waals surface area contributed by atoms with Crippen LogP contribution in [0.3, 0.4) is 0 Å². The van der Waals surface area contributed by atoms with E-state index in [0.717, 1.165) is 10.0 Å². The highest BCUT2D eigenvalue weighted by atomic mass is 35.5. The second-order valence-electron chi connectivity index (χ2n) is 7.37. The Bertz CT molecular complexity index is 1090. The first-order valence-electron chi connectivity index (χ1n) is 9.71. The van der Waals surface area contributed by atoms with Gasteiger partial charge in [-0.25, -0.2) is 5.01 Å². The van der Waals surface area contributed by atoms with Gasteiger partial charge in [0.25, 0.3) is 23.4 Å². The summed E-state index contributed by atoms with van der Waals surface area (Å²) in [7, 11) is 0. The number of nitro groups is 1. The second-order valence-corrected chi connectivity index (χ2v) is 7.78. The van der Waals surface area contributed by atoms with Crippen LogP contribution in [-0.4, -0.2) is 32.7 Å². The molecule has 0 bridgehead atoms. The number of hydrazine groups is 1. The quantitative estimate of drug-likeness (QED) is 0.305.